The van der Waals surface area contributed by atoms with Gasteiger partial charge >= 0.3 is 0 Å². The van der Waals surface area contributed by atoms with Crippen molar-refractivity contribution in [3.8, 4) is 0 Å². The van der Waals surface area contributed by atoms with Crippen LogP contribution in [0.4, 0.5) is 11.5 Å². The molecule has 1 aromatic heterocycles. The number of halogens is 2. The number of fused-ring (bicyclic) bond motifs is 1. The first-order chi connectivity index (χ1) is 10.8. The number of benzene rings is 1. The molecule has 0 fully saturated rings. The second kappa shape index (κ2) is 5.38. The zero-order valence-corrected chi connectivity index (χ0v) is 13.6. The van der Waals surface area contributed by atoms with Crippen molar-refractivity contribution in [3.05, 3.63) is 39.0 Å². The van der Waals surface area contributed by atoms with E-state index in [4.69, 9.17) is 34.0 Å². The summed E-state index contributed by atoms with van der Waals surface area (Å²) in [5.41, 5.74) is 5.02. The molecular weight excluding hydrogens is 343 g/mol. The lowest BCUT2D eigenvalue weighted by Crippen LogP contribution is -2.36. The maximum atomic E-state index is 12.5. The summed E-state index contributed by atoms with van der Waals surface area (Å²) in [6, 6.07) is 2.93. The van der Waals surface area contributed by atoms with Gasteiger partial charge in [0.1, 0.15) is 5.82 Å². The van der Waals surface area contributed by atoms with Crippen molar-refractivity contribution >= 4 is 40.6 Å². The molecule has 3 rings (SSSR count). The van der Waals surface area contributed by atoms with Gasteiger partial charge in [0.05, 0.1) is 35.1 Å². The molecule has 9 heteroatoms. The molecule has 0 spiro atoms. The highest BCUT2D eigenvalue weighted by Gasteiger charge is 2.51. The Bertz CT molecular complexity index is 821. The fraction of sp³-hybridized carbons (Fsp3) is 0.286. The van der Waals surface area contributed by atoms with Gasteiger partial charge in [-0.15, -0.1) is 0 Å². The van der Waals surface area contributed by atoms with Crippen molar-refractivity contribution in [3.63, 3.8) is 0 Å². The van der Waals surface area contributed by atoms with Gasteiger partial charge in [-0.05, 0) is 19.1 Å². The van der Waals surface area contributed by atoms with Crippen molar-refractivity contribution in [2.75, 3.05) is 17.7 Å². The molecule has 1 aromatic carbocycles. The van der Waals surface area contributed by atoms with Gasteiger partial charge in [0, 0.05) is 10.6 Å². The van der Waals surface area contributed by atoms with E-state index in [1.54, 1.807) is 6.92 Å². The highest BCUT2D eigenvalue weighted by atomic mass is 35.5. The first-order valence-corrected chi connectivity index (χ1v) is 7.53. The molecular formula is C14H14Cl2N4O3. The predicted octanol–water partition coefficient (Wildman–Crippen LogP) is 1.26. The van der Waals surface area contributed by atoms with E-state index in [0.29, 0.717) is 5.69 Å². The number of nitrogen functional groups attached to an aromatic ring is 1. The van der Waals surface area contributed by atoms with E-state index in [9.17, 15) is 9.90 Å². The summed E-state index contributed by atoms with van der Waals surface area (Å²) in [6.07, 6.45) is 0. The van der Waals surface area contributed by atoms with Crippen molar-refractivity contribution < 1.29 is 15.0 Å². The summed E-state index contributed by atoms with van der Waals surface area (Å²) in [4.78, 5) is 12.5. The van der Waals surface area contributed by atoms with Gasteiger partial charge in [0.15, 0.2) is 0 Å². The molecule has 0 bridgehead atoms. The van der Waals surface area contributed by atoms with Crippen LogP contribution in [0.15, 0.2) is 12.1 Å². The summed E-state index contributed by atoms with van der Waals surface area (Å²) < 4.78 is 1.33. The summed E-state index contributed by atoms with van der Waals surface area (Å²) in [5.74, 6) is -0.590. The van der Waals surface area contributed by atoms with E-state index in [1.807, 2.05) is 0 Å². The number of amides is 1. The third-order valence-electron chi connectivity index (χ3n) is 3.85. The number of aryl methyl sites for hydroxylation is 1. The number of rotatable bonds is 3. The monoisotopic (exact) mass is 356 g/mol. The van der Waals surface area contributed by atoms with Crippen LogP contribution < -0.4 is 11.1 Å². The van der Waals surface area contributed by atoms with Gasteiger partial charge in [-0.2, -0.15) is 5.10 Å². The zero-order chi connectivity index (χ0) is 16.9. The van der Waals surface area contributed by atoms with Crippen LogP contribution in [-0.2, 0) is 16.9 Å². The molecule has 1 amide bonds. The van der Waals surface area contributed by atoms with Crippen molar-refractivity contribution in [2.24, 2.45) is 0 Å². The van der Waals surface area contributed by atoms with Crippen LogP contribution in [0, 0.1) is 6.92 Å². The Morgan fingerprint density at radius 2 is 2.13 bits per heavy atom. The Labute approximate surface area is 141 Å². The molecule has 122 valence electrons. The van der Waals surface area contributed by atoms with Crippen molar-refractivity contribution in [1.29, 1.82) is 0 Å². The number of aliphatic hydroxyl groups is 2. The summed E-state index contributed by atoms with van der Waals surface area (Å²) in [5, 5.41) is 27.4. The smallest absolute Gasteiger partial charge is 0.266 e. The molecule has 1 aliphatic rings. The Morgan fingerprint density at radius 1 is 1.43 bits per heavy atom. The van der Waals surface area contributed by atoms with Gasteiger partial charge in [0.25, 0.3) is 5.91 Å². The lowest BCUT2D eigenvalue weighted by Gasteiger charge is -2.21. The summed E-state index contributed by atoms with van der Waals surface area (Å²) >= 11 is 12.1. The molecule has 0 radical (unpaired) electrons. The van der Waals surface area contributed by atoms with Gasteiger partial charge in [-0.25, -0.2) is 4.68 Å². The SMILES string of the molecule is Cc1nn(CCO)c(N)c1C1(O)C(=O)Nc2c(Cl)cc(Cl)cc21. The highest BCUT2D eigenvalue weighted by Crippen LogP contribution is 2.47. The van der Waals surface area contributed by atoms with Gasteiger partial charge in [-0.3, -0.25) is 4.79 Å². The number of hydrogen-bond donors (Lipinski definition) is 4. The van der Waals surface area contributed by atoms with Gasteiger partial charge < -0.3 is 21.3 Å². The Hall–Kier alpha value is -1.80. The van der Waals surface area contributed by atoms with E-state index in [1.165, 1.54) is 16.8 Å². The molecule has 2 aromatic rings. The molecule has 23 heavy (non-hydrogen) atoms. The van der Waals surface area contributed by atoms with Crippen LogP contribution in [0.3, 0.4) is 0 Å². The number of aliphatic hydroxyl groups excluding tert-OH is 1. The number of nitrogens with zero attached hydrogens (tertiary/aromatic N) is 2. The molecule has 2 heterocycles. The van der Waals surface area contributed by atoms with Crippen LogP contribution >= 0.6 is 23.2 Å². The maximum absolute atomic E-state index is 12.5. The average molecular weight is 357 g/mol. The third-order valence-corrected chi connectivity index (χ3v) is 4.37. The Kier molecular flexibility index (Phi) is 3.76. The first kappa shape index (κ1) is 16.1. The van der Waals surface area contributed by atoms with E-state index in [2.05, 4.69) is 10.4 Å². The summed E-state index contributed by atoms with van der Waals surface area (Å²) in [6.45, 7) is 1.59. The number of carbonyl (C=O) groups is 1. The van der Waals surface area contributed by atoms with Crippen LogP contribution in [-0.4, -0.2) is 32.5 Å². The molecule has 1 atom stereocenters. The van der Waals surface area contributed by atoms with Gasteiger partial charge in [0.2, 0.25) is 5.60 Å². The number of aromatic nitrogens is 2. The largest absolute Gasteiger partial charge is 0.394 e. The highest BCUT2D eigenvalue weighted by molar-refractivity contribution is 6.38. The zero-order valence-electron chi connectivity index (χ0n) is 12.1. The molecule has 5 N–H and O–H groups in total. The normalized spacial score (nSPS) is 19.8. The van der Waals surface area contributed by atoms with Crippen LogP contribution in [0.25, 0.3) is 0 Å². The minimum absolute atomic E-state index is 0.0955. The van der Waals surface area contributed by atoms with E-state index in [0.717, 1.165) is 0 Å². The molecule has 1 aliphatic heterocycles. The second-order valence-electron chi connectivity index (χ2n) is 5.27. The van der Waals surface area contributed by atoms with Crippen LogP contribution in [0.2, 0.25) is 10.0 Å². The Morgan fingerprint density at radius 3 is 2.78 bits per heavy atom. The van der Waals surface area contributed by atoms with Gasteiger partial charge in [-0.1, -0.05) is 23.2 Å². The fourth-order valence-corrected chi connectivity index (χ4v) is 3.41. The predicted molar refractivity (Wildman–Crippen MR) is 86.6 cm³/mol. The quantitative estimate of drug-likeness (QED) is 0.661. The second-order valence-corrected chi connectivity index (χ2v) is 6.11. The van der Waals surface area contributed by atoms with E-state index >= 15 is 0 Å². The van der Waals surface area contributed by atoms with Crippen LogP contribution in [0.5, 0.6) is 0 Å². The van der Waals surface area contributed by atoms with Crippen molar-refractivity contribution in [2.45, 2.75) is 19.1 Å². The number of carbonyl (C=O) groups excluding carboxylic acids is 1. The molecule has 0 saturated carbocycles. The Balaban J connectivity index is 2.27. The number of nitrogens with one attached hydrogen (secondary N) is 1. The first-order valence-electron chi connectivity index (χ1n) is 6.78. The van der Waals surface area contributed by atoms with Crippen molar-refractivity contribution in [1.82, 2.24) is 9.78 Å². The lowest BCUT2D eigenvalue weighted by molar-refractivity contribution is -0.129. The summed E-state index contributed by atoms with van der Waals surface area (Å²) in [7, 11) is 0. The van der Waals surface area contributed by atoms with E-state index in [-0.39, 0.29) is 45.8 Å². The fourth-order valence-electron chi connectivity index (χ4n) is 2.87. The molecule has 7 nitrogen and oxygen atoms in total. The molecule has 0 aliphatic carbocycles. The number of nitrogens with two attached hydrogens (primary N) is 1. The molecule has 0 saturated heterocycles. The minimum atomic E-state index is -2.05. The lowest BCUT2D eigenvalue weighted by atomic mass is 9.87. The minimum Gasteiger partial charge on any atom is -0.394 e. The third kappa shape index (κ3) is 2.20. The topological polar surface area (TPSA) is 113 Å². The van der Waals surface area contributed by atoms with Crippen LogP contribution in [0.1, 0.15) is 16.8 Å². The standard InChI is InChI=1S/C14H14Cl2N4O3/c1-6-10(12(17)20(19-6)2-3-21)14(23)8-4-7(15)5-9(16)11(8)18-13(14)22/h4-5,21,23H,2-3,17H2,1H3,(H,18,22). The van der Waals surface area contributed by atoms with E-state index < -0.39 is 11.5 Å². The average Bonchev–Trinajstić information content (AvgIpc) is 2.88. The molecule has 1 unspecified atom stereocenters. The number of anilines is 2. The number of hydrogen-bond acceptors (Lipinski definition) is 5. The maximum Gasteiger partial charge on any atom is 0.266 e.